The average Bonchev–Trinajstić information content (AvgIpc) is 3.18. The molecule has 0 bridgehead atoms. The van der Waals surface area contributed by atoms with Gasteiger partial charge in [-0.15, -0.1) is 12.1 Å². The van der Waals surface area contributed by atoms with E-state index in [9.17, 15) is 71.1 Å². The zero-order valence-corrected chi connectivity index (χ0v) is 38.8. The summed E-state index contributed by atoms with van der Waals surface area (Å²) < 4.78 is 205. The van der Waals surface area contributed by atoms with Crippen LogP contribution in [-0.2, 0) is 30.8 Å². The molecular formula is C42H27F9Na2O9S2. The summed E-state index contributed by atoms with van der Waals surface area (Å²) in [6.07, 6.45) is -16.6. The molecule has 64 heavy (non-hydrogen) atoms. The molecule has 1 unspecified atom stereocenters. The van der Waals surface area contributed by atoms with E-state index in [-0.39, 0.29) is 93.2 Å². The normalized spacial score (nSPS) is 13.5. The summed E-state index contributed by atoms with van der Waals surface area (Å²) in [4.78, 5) is -2.41. The molecular weight excluding hydrogens is 930 g/mol. The molecule has 0 aliphatic rings. The number of aromatic hydroxyl groups is 2. The van der Waals surface area contributed by atoms with Crippen LogP contribution in [0.1, 0.15) is 29.2 Å². The SMILES string of the molecule is CC(c1ccc(O)cc1)(c1ccc(Oc2ccc(S(=O)(=O)c3c[c-]c(Oc4ccc(C(c5ccc(O)cc5)(C(F)(F)F)C(F)(F)F)cc4)cc3)cc2S(=O)(=O)[O-])cc1)C(F)(F)F.[Na+].[Na+]. The van der Waals surface area contributed by atoms with Crippen LogP contribution in [0.4, 0.5) is 39.5 Å². The minimum Gasteiger partial charge on any atom is -0.744 e. The molecule has 0 spiro atoms. The van der Waals surface area contributed by atoms with Crippen molar-refractivity contribution in [1.82, 2.24) is 0 Å². The number of phenols is 2. The van der Waals surface area contributed by atoms with E-state index in [2.05, 4.69) is 6.07 Å². The van der Waals surface area contributed by atoms with Gasteiger partial charge < -0.3 is 24.2 Å². The fourth-order valence-electron chi connectivity index (χ4n) is 6.56. The maximum atomic E-state index is 14.4. The van der Waals surface area contributed by atoms with Gasteiger partial charge in [0, 0.05) is 5.75 Å². The van der Waals surface area contributed by atoms with Gasteiger partial charge in [-0.05, 0) is 101 Å². The van der Waals surface area contributed by atoms with Gasteiger partial charge in [0.05, 0.1) is 9.79 Å². The van der Waals surface area contributed by atoms with Crippen LogP contribution >= 0.6 is 0 Å². The number of phenolic OH excluding ortho intramolecular Hbond substituents is 2. The van der Waals surface area contributed by atoms with Crippen LogP contribution in [0.25, 0.3) is 0 Å². The van der Waals surface area contributed by atoms with Crippen molar-refractivity contribution in [1.29, 1.82) is 0 Å². The zero-order valence-electron chi connectivity index (χ0n) is 33.2. The molecule has 0 aliphatic heterocycles. The van der Waals surface area contributed by atoms with E-state index in [1.807, 2.05) is 0 Å². The summed E-state index contributed by atoms with van der Waals surface area (Å²) in [7, 11) is -10.1. The third kappa shape index (κ3) is 10.1. The van der Waals surface area contributed by atoms with Crippen molar-refractivity contribution in [2.75, 3.05) is 0 Å². The second-order valence-electron chi connectivity index (χ2n) is 13.7. The Bertz CT molecular complexity index is 2790. The zero-order chi connectivity index (χ0) is 45.7. The predicted octanol–water partition coefficient (Wildman–Crippen LogP) is 4.51. The summed E-state index contributed by atoms with van der Waals surface area (Å²) in [6.45, 7) is 0.909. The van der Waals surface area contributed by atoms with Gasteiger partial charge in [0.2, 0.25) is 5.41 Å². The van der Waals surface area contributed by atoms with E-state index >= 15 is 0 Å². The maximum Gasteiger partial charge on any atom is 1.00 e. The molecule has 6 aromatic carbocycles. The smallest absolute Gasteiger partial charge is 0.744 e. The van der Waals surface area contributed by atoms with E-state index < -0.39 is 86.6 Å². The fraction of sp³-hybridized carbons (Fsp3) is 0.143. The Morgan fingerprint density at radius 3 is 1.34 bits per heavy atom. The predicted molar refractivity (Wildman–Crippen MR) is 200 cm³/mol. The Morgan fingerprint density at radius 2 is 0.938 bits per heavy atom. The monoisotopic (exact) mass is 956 g/mol. The Morgan fingerprint density at radius 1 is 0.531 bits per heavy atom. The van der Waals surface area contributed by atoms with Gasteiger partial charge in [0.1, 0.15) is 44.3 Å². The Labute approximate surface area is 403 Å². The maximum absolute atomic E-state index is 14.4. The number of hydrogen-bond acceptors (Lipinski definition) is 9. The minimum atomic E-state index is -5.90. The number of halogens is 9. The first-order chi connectivity index (χ1) is 28.7. The molecule has 0 saturated carbocycles. The quantitative estimate of drug-likeness (QED) is 0.0829. The number of hydrogen-bond donors (Lipinski definition) is 2. The molecule has 0 fully saturated rings. The van der Waals surface area contributed by atoms with E-state index in [1.54, 1.807) is 0 Å². The first-order valence-electron chi connectivity index (χ1n) is 17.4. The van der Waals surface area contributed by atoms with Crippen molar-refractivity contribution < 1.29 is 140 Å². The first kappa shape index (κ1) is 52.4. The first-order valence-corrected chi connectivity index (χ1v) is 20.3. The third-order valence-corrected chi connectivity index (χ3v) is 12.5. The van der Waals surface area contributed by atoms with Crippen molar-refractivity contribution >= 4 is 20.0 Å². The average molecular weight is 957 g/mol. The fourth-order valence-corrected chi connectivity index (χ4v) is 8.52. The number of alkyl halides is 9. The van der Waals surface area contributed by atoms with E-state index in [1.165, 1.54) is 0 Å². The molecule has 22 heteroatoms. The van der Waals surface area contributed by atoms with Crippen molar-refractivity contribution in [2.45, 2.75) is 51.0 Å². The summed E-state index contributed by atoms with van der Waals surface area (Å²) in [5, 5.41) is 19.0. The van der Waals surface area contributed by atoms with Crippen LogP contribution in [0.2, 0.25) is 0 Å². The molecule has 6 rings (SSSR count). The van der Waals surface area contributed by atoms with Gasteiger partial charge >= 0.3 is 77.6 Å². The molecule has 0 heterocycles. The number of sulfone groups is 1. The Kier molecular flexibility index (Phi) is 15.5. The van der Waals surface area contributed by atoms with Crippen LogP contribution in [0, 0.1) is 6.07 Å². The van der Waals surface area contributed by atoms with Gasteiger partial charge in [-0.25, -0.2) is 16.8 Å². The van der Waals surface area contributed by atoms with Crippen molar-refractivity contribution in [2.24, 2.45) is 0 Å². The summed E-state index contributed by atoms with van der Waals surface area (Å²) in [6, 6.07) is 21.1. The van der Waals surface area contributed by atoms with Crippen LogP contribution in [0.15, 0.2) is 148 Å². The van der Waals surface area contributed by atoms with Gasteiger partial charge in [0.25, 0.3) is 0 Å². The van der Waals surface area contributed by atoms with Crippen molar-refractivity contribution in [3.05, 3.63) is 162 Å². The van der Waals surface area contributed by atoms with Crippen LogP contribution in [0.5, 0.6) is 34.5 Å². The molecule has 0 radical (unpaired) electrons. The molecule has 0 aliphatic carbocycles. The largest absolute Gasteiger partial charge is 1.00 e. The summed E-state index contributed by atoms with van der Waals surface area (Å²) in [5.41, 5.74) is -10.0. The molecule has 0 saturated heterocycles. The second kappa shape index (κ2) is 18.9. The molecule has 1 atom stereocenters. The third-order valence-electron chi connectivity index (χ3n) is 9.90. The van der Waals surface area contributed by atoms with Gasteiger partial charge in [-0.3, -0.25) is 0 Å². The Balaban J connectivity index is 0.00000449. The molecule has 0 aromatic heterocycles. The van der Waals surface area contributed by atoms with Gasteiger partial charge in [-0.2, -0.15) is 51.6 Å². The molecule has 9 nitrogen and oxygen atoms in total. The number of ether oxygens (including phenoxy) is 2. The van der Waals surface area contributed by atoms with E-state index in [4.69, 9.17) is 9.47 Å². The van der Waals surface area contributed by atoms with Crippen LogP contribution < -0.4 is 68.6 Å². The summed E-state index contributed by atoms with van der Waals surface area (Å²) >= 11 is 0. The molecule has 6 aromatic rings. The van der Waals surface area contributed by atoms with Crippen LogP contribution in [0.3, 0.4) is 0 Å². The number of benzene rings is 6. The van der Waals surface area contributed by atoms with Crippen molar-refractivity contribution in [3.8, 4) is 34.5 Å². The second-order valence-corrected chi connectivity index (χ2v) is 17.0. The van der Waals surface area contributed by atoms with Crippen molar-refractivity contribution in [3.63, 3.8) is 0 Å². The standard InChI is InChI=1S/C42H28F9O9S2.2Na/c1-38(40(43,44)45,25-2-10-29(52)11-3-25)26-6-14-33(15-7-26)60-36-23-22-35(24-37(36)62(56,57)58)61(54,55)34-20-18-32(19-21-34)59-31-16-8-28(9-17-31)39(41(46,47)48,42(49,50)51)27-4-12-30(53)13-5-27;;/h2-18,20-24,52-53H,1H3,(H,56,57,58);;/q-1;2*+1/p-1. The Hall–Kier alpha value is -4.25. The number of rotatable bonds is 11. The van der Waals surface area contributed by atoms with Crippen LogP contribution in [-0.4, -0.2) is 50.1 Å². The van der Waals surface area contributed by atoms with E-state index in [0.29, 0.717) is 42.5 Å². The molecule has 326 valence electrons. The molecule has 0 amide bonds. The minimum absolute atomic E-state index is 0. The van der Waals surface area contributed by atoms with E-state index in [0.717, 1.165) is 97.9 Å². The van der Waals surface area contributed by atoms with Gasteiger partial charge in [0.15, 0.2) is 9.84 Å². The summed E-state index contributed by atoms with van der Waals surface area (Å²) in [5.74, 6) is -2.28. The molecule has 2 N–H and O–H groups in total. The topological polar surface area (TPSA) is 150 Å². The van der Waals surface area contributed by atoms with Gasteiger partial charge in [-0.1, -0.05) is 48.5 Å².